The molecule has 5 nitrogen and oxygen atoms in total. The number of carbonyl (C=O) groups is 2. The topological polar surface area (TPSA) is 60.9 Å². The molecule has 0 aromatic heterocycles. The monoisotopic (exact) mass is 384 g/mol. The summed E-state index contributed by atoms with van der Waals surface area (Å²) in [6.07, 6.45) is 6.67. The standard InChI is InChI=1S/C23H32N2O3/c1-4-21(27)24(3)14-19-23(20(15-26)25(19)22(28)5-2)18-12-10-17(11-13-18)16-8-6-7-9-16/h8,10-13,19-20,23,26H,4-7,9,14-15H2,1-3H3/t19-,20+,23+/m0/s1. The van der Waals surface area contributed by atoms with E-state index in [0.29, 0.717) is 19.4 Å². The van der Waals surface area contributed by atoms with Gasteiger partial charge in [-0.3, -0.25) is 9.59 Å². The SMILES string of the molecule is CCC(=O)N(C)C[C@H]1[C@@H](c2ccc(C3=CCCC3)cc2)[C@@H](CO)N1C(=O)CC. The van der Waals surface area contributed by atoms with Crippen LogP contribution in [0, 0.1) is 0 Å². The highest BCUT2D eigenvalue weighted by molar-refractivity contribution is 5.79. The molecular formula is C23H32N2O3. The molecular weight excluding hydrogens is 352 g/mol. The van der Waals surface area contributed by atoms with Crippen LogP contribution in [0.15, 0.2) is 30.3 Å². The van der Waals surface area contributed by atoms with Gasteiger partial charge in [-0.1, -0.05) is 44.2 Å². The van der Waals surface area contributed by atoms with E-state index >= 15 is 0 Å². The average molecular weight is 385 g/mol. The van der Waals surface area contributed by atoms with Crippen LogP contribution in [0.2, 0.25) is 0 Å². The third-order valence-corrected chi connectivity index (χ3v) is 6.22. The van der Waals surface area contributed by atoms with Gasteiger partial charge in [-0.05, 0) is 36.0 Å². The maximum Gasteiger partial charge on any atom is 0.222 e. The fourth-order valence-corrected chi connectivity index (χ4v) is 4.65. The van der Waals surface area contributed by atoms with Gasteiger partial charge in [0.25, 0.3) is 0 Å². The molecule has 0 spiro atoms. The second kappa shape index (κ2) is 8.91. The molecule has 2 aliphatic rings. The van der Waals surface area contributed by atoms with Crippen molar-refractivity contribution in [3.05, 3.63) is 41.5 Å². The minimum absolute atomic E-state index is 0.0328. The lowest BCUT2D eigenvalue weighted by atomic mass is 9.74. The first-order chi connectivity index (χ1) is 13.5. The van der Waals surface area contributed by atoms with E-state index in [0.717, 1.165) is 18.4 Å². The molecule has 1 aliphatic carbocycles. The lowest BCUT2D eigenvalue weighted by Gasteiger charge is -2.55. The number of aliphatic hydroxyl groups excluding tert-OH is 1. The molecule has 1 heterocycles. The zero-order chi connectivity index (χ0) is 20.3. The van der Waals surface area contributed by atoms with Crippen LogP contribution < -0.4 is 0 Å². The minimum Gasteiger partial charge on any atom is -0.394 e. The van der Waals surface area contributed by atoms with E-state index < -0.39 is 0 Å². The van der Waals surface area contributed by atoms with E-state index in [2.05, 4.69) is 30.3 Å². The van der Waals surface area contributed by atoms with Crippen molar-refractivity contribution in [3.63, 3.8) is 0 Å². The largest absolute Gasteiger partial charge is 0.394 e. The van der Waals surface area contributed by atoms with Gasteiger partial charge < -0.3 is 14.9 Å². The fraction of sp³-hybridized carbons (Fsp3) is 0.565. The molecule has 28 heavy (non-hydrogen) atoms. The Balaban J connectivity index is 1.84. The number of rotatable bonds is 7. The van der Waals surface area contributed by atoms with Crippen LogP contribution in [0.4, 0.5) is 0 Å². The van der Waals surface area contributed by atoms with Gasteiger partial charge in [0.05, 0.1) is 18.7 Å². The van der Waals surface area contributed by atoms with Gasteiger partial charge in [0, 0.05) is 32.4 Å². The Labute approximate surface area is 168 Å². The normalized spacial score (nSPS) is 23.9. The molecule has 152 valence electrons. The number of hydrogen-bond acceptors (Lipinski definition) is 3. The Morgan fingerprint density at radius 3 is 2.39 bits per heavy atom. The van der Waals surface area contributed by atoms with Gasteiger partial charge in [-0.15, -0.1) is 0 Å². The van der Waals surface area contributed by atoms with Crippen molar-refractivity contribution in [1.29, 1.82) is 0 Å². The van der Waals surface area contributed by atoms with E-state index in [1.165, 1.54) is 17.6 Å². The van der Waals surface area contributed by atoms with Crippen molar-refractivity contribution in [1.82, 2.24) is 9.80 Å². The number of nitrogens with zero attached hydrogens (tertiary/aromatic N) is 2. The van der Waals surface area contributed by atoms with Crippen LogP contribution in [0.5, 0.6) is 0 Å². The third-order valence-electron chi connectivity index (χ3n) is 6.22. The van der Waals surface area contributed by atoms with Crippen LogP contribution in [-0.4, -0.2) is 59.0 Å². The Morgan fingerprint density at radius 2 is 1.86 bits per heavy atom. The number of hydrogen-bond donors (Lipinski definition) is 1. The van der Waals surface area contributed by atoms with Crippen LogP contribution in [0.25, 0.3) is 5.57 Å². The van der Waals surface area contributed by atoms with Crippen molar-refractivity contribution in [3.8, 4) is 0 Å². The molecule has 1 saturated heterocycles. The van der Waals surface area contributed by atoms with Crippen molar-refractivity contribution in [2.24, 2.45) is 0 Å². The molecule has 3 rings (SSSR count). The molecule has 3 atom stereocenters. The smallest absolute Gasteiger partial charge is 0.222 e. The summed E-state index contributed by atoms with van der Waals surface area (Å²) in [7, 11) is 1.79. The zero-order valence-electron chi connectivity index (χ0n) is 17.2. The summed E-state index contributed by atoms with van der Waals surface area (Å²) in [5.41, 5.74) is 3.80. The van der Waals surface area contributed by atoms with E-state index in [1.54, 1.807) is 16.8 Å². The van der Waals surface area contributed by atoms with Crippen molar-refractivity contribution in [2.45, 2.75) is 64.0 Å². The quantitative estimate of drug-likeness (QED) is 0.785. The number of carbonyl (C=O) groups excluding carboxylic acids is 2. The highest BCUT2D eigenvalue weighted by Gasteiger charge is 2.51. The third kappa shape index (κ3) is 3.86. The molecule has 1 N–H and O–H groups in total. The van der Waals surface area contributed by atoms with E-state index in [1.807, 2.05) is 13.8 Å². The molecule has 0 radical (unpaired) electrons. The Morgan fingerprint density at radius 1 is 1.14 bits per heavy atom. The summed E-state index contributed by atoms with van der Waals surface area (Å²) < 4.78 is 0. The summed E-state index contributed by atoms with van der Waals surface area (Å²) in [5, 5.41) is 9.98. The molecule has 2 amide bonds. The summed E-state index contributed by atoms with van der Waals surface area (Å²) in [4.78, 5) is 28.1. The molecule has 1 fully saturated rings. The highest BCUT2D eigenvalue weighted by atomic mass is 16.3. The molecule has 1 aromatic rings. The van der Waals surface area contributed by atoms with E-state index in [9.17, 15) is 14.7 Å². The highest BCUT2D eigenvalue weighted by Crippen LogP contribution is 2.42. The first-order valence-corrected chi connectivity index (χ1v) is 10.5. The number of likely N-dealkylation sites (tertiary alicyclic amines) is 1. The predicted octanol–water partition coefficient (Wildman–Crippen LogP) is 3.19. The minimum atomic E-state index is -0.223. The van der Waals surface area contributed by atoms with Gasteiger partial charge in [0.2, 0.25) is 11.8 Å². The summed E-state index contributed by atoms with van der Waals surface area (Å²) >= 11 is 0. The molecule has 0 saturated carbocycles. The van der Waals surface area contributed by atoms with E-state index in [4.69, 9.17) is 0 Å². The fourth-order valence-electron chi connectivity index (χ4n) is 4.65. The number of allylic oxidation sites excluding steroid dienone is 2. The van der Waals surface area contributed by atoms with Crippen LogP contribution in [0.1, 0.15) is 63.0 Å². The Bertz CT molecular complexity index is 741. The summed E-state index contributed by atoms with van der Waals surface area (Å²) in [6.45, 7) is 4.11. The zero-order valence-corrected chi connectivity index (χ0v) is 17.2. The number of amides is 2. The van der Waals surface area contributed by atoms with Gasteiger partial charge in [0.1, 0.15) is 0 Å². The lowest BCUT2D eigenvalue weighted by molar-refractivity contribution is -0.153. The lowest BCUT2D eigenvalue weighted by Crippen LogP contribution is -2.68. The Hall–Kier alpha value is -2.14. The maximum absolute atomic E-state index is 12.5. The first kappa shape index (κ1) is 20.6. The average Bonchev–Trinajstić information content (AvgIpc) is 3.25. The number of likely N-dealkylation sites (N-methyl/N-ethyl adjacent to an activating group) is 1. The van der Waals surface area contributed by atoms with Crippen LogP contribution in [0.3, 0.4) is 0 Å². The number of benzene rings is 1. The molecule has 0 unspecified atom stereocenters. The summed E-state index contributed by atoms with van der Waals surface area (Å²) in [5.74, 6) is 0.142. The molecule has 1 aromatic carbocycles. The number of aliphatic hydroxyl groups is 1. The molecule has 1 aliphatic heterocycles. The van der Waals surface area contributed by atoms with E-state index in [-0.39, 0.29) is 36.4 Å². The van der Waals surface area contributed by atoms with Gasteiger partial charge in [-0.25, -0.2) is 0 Å². The molecule has 5 heteroatoms. The van der Waals surface area contributed by atoms with Crippen molar-refractivity contribution in [2.75, 3.05) is 20.2 Å². The Kier molecular flexibility index (Phi) is 6.55. The molecule has 0 bridgehead atoms. The van der Waals surface area contributed by atoms with Gasteiger partial charge in [0.15, 0.2) is 0 Å². The van der Waals surface area contributed by atoms with Crippen LogP contribution >= 0.6 is 0 Å². The van der Waals surface area contributed by atoms with Gasteiger partial charge in [-0.2, -0.15) is 0 Å². The van der Waals surface area contributed by atoms with Crippen molar-refractivity contribution >= 4 is 17.4 Å². The second-order valence-electron chi connectivity index (χ2n) is 7.87. The van der Waals surface area contributed by atoms with Crippen molar-refractivity contribution < 1.29 is 14.7 Å². The first-order valence-electron chi connectivity index (χ1n) is 10.5. The van der Waals surface area contributed by atoms with Crippen LogP contribution in [-0.2, 0) is 9.59 Å². The predicted molar refractivity (Wildman–Crippen MR) is 111 cm³/mol. The van der Waals surface area contributed by atoms with Gasteiger partial charge >= 0.3 is 0 Å². The second-order valence-corrected chi connectivity index (χ2v) is 7.87. The summed E-state index contributed by atoms with van der Waals surface area (Å²) in [6, 6.07) is 8.25. The maximum atomic E-state index is 12.5.